The summed E-state index contributed by atoms with van der Waals surface area (Å²) in [6, 6.07) is 10.6. The highest BCUT2D eigenvalue weighted by Gasteiger charge is 2.45. The predicted octanol–water partition coefficient (Wildman–Crippen LogP) is 4.02. The Morgan fingerprint density at radius 1 is 1.13 bits per heavy atom. The van der Waals surface area contributed by atoms with Gasteiger partial charge in [-0.3, -0.25) is 9.59 Å². The van der Waals surface area contributed by atoms with Crippen molar-refractivity contribution in [3.05, 3.63) is 59.2 Å². The summed E-state index contributed by atoms with van der Waals surface area (Å²) in [7, 11) is 1.44. The van der Waals surface area contributed by atoms with Gasteiger partial charge in [0.25, 0.3) is 11.7 Å². The molecule has 1 unspecified atom stereocenters. The van der Waals surface area contributed by atoms with Crippen molar-refractivity contribution in [1.29, 1.82) is 0 Å². The quantitative estimate of drug-likeness (QED) is 0.395. The Hall–Kier alpha value is -3.48. The summed E-state index contributed by atoms with van der Waals surface area (Å²) in [6.45, 7) is 6.05. The predicted molar refractivity (Wildman–Crippen MR) is 116 cm³/mol. The van der Waals surface area contributed by atoms with Gasteiger partial charge in [0.1, 0.15) is 11.5 Å². The summed E-state index contributed by atoms with van der Waals surface area (Å²) >= 11 is 0. The molecule has 0 aliphatic carbocycles. The number of nitrogens with zero attached hydrogens (tertiary/aromatic N) is 1. The van der Waals surface area contributed by atoms with Gasteiger partial charge in [-0.2, -0.15) is 0 Å². The smallest absolute Gasteiger partial charge is 0.295 e. The third-order valence-electron chi connectivity index (χ3n) is 5.02. The number of ketones is 1. The van der Waals surface area contributed by atoms with Crippen molar-refractivity contribution < 1.29 is 29.3 Å². The summed E-state index contributed by atoms with van der Waals surface area (Å²) in [5.74, 6) is -0.908. The third kappa shape index (κ3) is 4.35. The average molecular weight is 425 g/mol. The molecular weight excluding hydrogens is 398 g/mol. The second-order valence-corrected chi connectivity index (χ2v) is 7.61. The molecule has 3 rings (SSSR count). The van der Waals surface area contributed by atoms with Gasteiger partial charge in [-0.15, -0.1) is 0 Å². The molecule has 1 aliphatic heterocycles. The molecule has 2 aromatic rings. The molecule has 164 valence electrons. The largest absolute Gasteiger partial charge is 0.507 e. The first kappa shape index (κ1) is 22.2. The highest BCUT2D eigenvalue weighted by molar-refractivity contribution is 6.46. The van der Waals surface area contributed by atoms with Gasteiger partial charge in [-0.1, -0.05) is 13.0 Å². The first-order valence-electron chi connectivity index (χ1n) is 10.2. The topological polar surface area (TPSA) is 96.3 Å². The fourth-order valence-electron chi connectivity index (χ4n) is 3.69. The molecule has 2 aromatic carbocycles. The van der Waals surface area contributed by atoms with Crippen LogP contribution in [-0.4, -0.2) is 46.6 Å². The van der Waals surface area contributed by atoms with Crippen LogP contribution in [0.4, 0.5) is 0 Å². The number of aliphatic hydroxyl groups excluding tert-OH is 1. The molecule has 2 N–H and O–H groups in total. The van der Waals surface area contributed by atoms with Crippen LogP contribution in [0.15, 0.2) is 48.0 Å². The second kappa shape index (κ2) is 9.12. The van der Waals surface area contributed by atoms with Crippen molar-refractivity contribution in [2.45, 2.75) is 39.3 Å². The van der Waals surface area contributed by atoms with Crippen LogP contribution in [0.25, 0.3) is 5.76 Å². The lowest BCUT2D eigenvalue weighted by molar-refractivity contribution is -0.139. The van der Waals surface area contributed by atoms with Crippen molar-refractivity contribution in [2.24, 2.45) is 0 Å². The SMILES string of the molecule is CCCN1C(=O)C(=O)/C(=C(\O)c2ccc(OC(C)C)cc2)C1c1ccc(OC)c(O)c1. The van der Waals surface area contributed by atoms with Crippen LogP contribution in [-0.2, 0) is 9.59 Å². The van der Waals surface area contributed by atoms with Gasteiger partial charge in [-0.05, 0) is 62.2 Å². The van der Waals surface area contributed by atoms with Crippen molar-refractivity contribution in [3.8, 4) is 17.2 Å². The van der Waals surface area contributed by atoms with E-state index in [0.717, 1.165) is 0 Å². The molecule has 7 nitrogen and oxygen atoms in total. The molecule has 1 fully saturated rings. The molecule has 7 heteroatoms. The number of Topliss-reactive ketones (excluding diaryl/α,β-unsaturated/α-hetero) is 1. The molecule has 0 bridgehead atoms. The molecular formula is C24H27NO6. The van der Waals surface area contributed by atoms with E-state index in [4.69, 9.17) is 9.47 Å². The molecule has 0 spiro atoms. The van der Waals surface area contributed by atoms with Gasteiger partial charge in [0.15, 0.2) is 11.5 Å². The van der Waals surface area contributed by atoms with Crippen molar-refractivity contribution in [2.75, 3.05) is 13.7 Å². The molecule has 31 heavy (non-hydrogen) atoms. The van der Waals surface area contributed by atoms with Crippen LogP contribution in [0.1, 0.15) is 44.4 Å². The Labute approximate surface area is 181 Å². The van der Waals surface area contributed by atoms with Gasteiger partial charge in [0.05, 0.1) is 24.8 Å². The number of carbonyl (C=O) groups is 2. The molecule has 0 radical (unpaired) electrons. The van der Waals surface area contributed by atoms with Gasteiger partial charge >= 0.3 is 0 Å². The number of aliphatic hydroxyl groups is 1. The zero-order chi connectivity index (χ0) is 22.7. The van der Waals surface area contributed by atoms with Crippen LogP contribution < -0.4 is 9.47 Å². The number of phenolic OH excluding ortho intramolecular Hbond substituents is 1. The number of likely N-dealkylation sites (tertiary alicyclic amines) is 1. The summed E-state index contributed by atoms with van der Waals surface area (Å²) < 4.78 is 10.7. The van der Waals surface area contributed by atoms with Gasteiger partial charge in [0.2, 0.25) is 0 Å². The maximum absolute atomic E-state index is 12.9. The van der Waals surface area contributed by atoms with E-state index in [1.54, 1.807) is 36.4 Å². The molecule has 0 aromatic heterocycles. The Bertz CT molecular complexity index is 1010. The van der Waals surface area contributed by atoms with Crippen molar-refractivity contribution in [3.63, 3.8) is 0 Å². The van der Waals surface area contributed by atoms with Crippen molar-refractivity contribution >= 4 is 17.4 Å². The van der Waals surface area contributed by atoms with E-state index >= 15 is 0 Å². The van der Waals surface area contributed by atoms with E-state index in [-0.39, 0.29) is 28.9 Å². The maximum atomic E-state index is 12.9. The van der Waals surface area contributed by atoms with Crippen molar-refractivity contribution in [1.82, 2.24) is 4.90 Å². The van der Waals surface area contributed by atoms with Gasteiger partial charge in [-0.25, -0.2) is 0 Å². The van der Waals surface area contributed by atoms with E-state index in [0.29, 0.717) is 29.8 Å². The number of benzene rings is 2. The van der Waals surface area contributed by atoms with E-state index in [9.17, 15) is 19.8 Å². The number of methoxy groups -OCH3 is 1. The number of ether oxygens (including phenoxy) is 2. The first-order valence-corrected chi connectivity index (χ1v) is 10.2. The third-order valence-corrected chi connectivity index (χ3v) is 5.02. The minimum absolute atomic E-state index is 0.00145. The van der Waals surface area contributed by atoms with Crippen LogP contribution in [0.5, 0.6) is 17.2 Å². The summed E-state index contributed by atoms with van der Waals surface area (Å²) in [5, 5.41) is 21.3. The Balaban J connectivity index is 2.11. The lowest BCUT2D eigenvalue weighted by Gasteiger charge is -2.25. The molecule has 1 atom stereocenters. The molecule has 1 heterocycles. The molecule has 1 aliphatic rings. The zero-order valence-corrected chi connectivity index (χ0v) is 18.1. The fraction of sp³-hybridized carbons (Fsp3) is 0.333. The number of hydrogen-bond donors (Lipinski definition) is 2. The summed E-state index contributed by atoms with van der Waals surface area (Å²) in [6.07, 6.45) is 0.633. The van der Waals surface area contributed by atoms with Crippen LogP contribution in [0.2, 0.25) is 0 Å². The molecule has 1 saturated heterocycles. The highest BCUT2D eigenvalue weighted by Crippen LogP contribution is 2.41. The lowest BCUT2D eigenvalue weighted by atomic mass is 9.95. The second-order valence-electron chi connectivity index (χ2n) is 7.61. The number of amides is 1. The maximum Gasteiger partial charge on any atom is 0.295 e. The average Bonchev–Trinajstić information content (AvgIpc) is 2.98. The lowest BCUT2D eigenvalue weighted by Crippen LogP contribution is -2.30. The number of aromatic hydroxyl groups is 1. The normalized spacial score (nSPS) is 18.0. The Morgan fingerprint density at radius 2 is 1.81 bits per heavy atom. The minimum atomic E-state index is -0.816. The minimum Gasteiger partial charge on any atom is -0.507 e. The van der Waals surface area contributed by atoms with Crippen LogP contribution in [0, 0.1) is 0 Å². The molecule has 1 amide bonds. The summed E-state index contributed by atoms with van der Waals surface area (Å²) in [4.78, 5) is 27.0. The molecule has 0 saturated carbocycles. The van der Waals surface area contributed by atoms with E-state index < -0.39 is 17.7 Å². The monoisotopic (exact) mass is 425 g/mol. The number of hydrogen-bond acceptors (Lipinski definition) is 6. The van der Waals surface area contributed by atoms with E-state index in [1.807, 2.05) is 20.8 Å². The fourth-order valence-corrected chi connectivity index (χ4v) is 3.69. The zero-order valence-electron chi connectivity index (χ0n) is 18.1. The van der Waals surface area contributed by atoms with Crippen LogP contribution in [0.3, 0.4) is 0 Å². The van der Waals surface area contributed by atoms with Crippen LogP contribution >= 0.6 is 0 Å². The Morgan fingerprint density at radius 3 is 2.35 bits per heavy atom. The first-order chi connectivity index (χ1) is 14.8. The van der Waals surface area contributed by atoms with Gasteiger partial charge < -0.3 is 24.6 Å². The van der Waals surface area contributed by atoms with E-state index in [2.05, 4.69) is 0 Å². The number of carbonyl (C=O) groups excluding carboxylic acids is 2. The van der Waals surface area contributed by atoms with E-state index in [1.165, 1.54) is 18.1 Å². The summed E-state index contributed by atoms with van der Waals surface area (Å²) in [5.41, 5.74) is 0.890. The number of phenols is 1. The number of rotatable bonds is 7. The highest BCUT2D eigenvalue weighted by atomic mass is 16.5. The standard InChI is InChI=1S/C24H27NO6/c1-5-12-25-21(16-8-11-19(30-4)18(26)13-16)20(23(28)24(25)29)22(27)15-6-9-17(10-7-15)31-14(2)3/h6-11,13-14,21,26-27H,5,12H2,1-4H3/b22-20-. The Kier molecular flexibility index (Phi) is 6.53. The van der Waals surface area contributed by atoms with Gasteiger partial charge in [0, 0.05) is 12.1 Å².